The van der Waals surface area contributed by atoms with Crippen LogP contribution in [0.25, 0.3) is 0 Å². The van der Waals surface area contributed by atoms with Crippen LogP contribution in [0.1, 0.15) is 28.4 Å². The highest BCUT2D eigenvalue weighted by Crippen LogP contribution is 2.37. The van der Waals surface area contributed by atoms with E-state index >= 15 is 0 Å². The maximum atomic E-state index is 12.9. The Bertz CT molecular complexity index is 973. The summed E-state index contributed by atoms with van der Waals surface area (Å²) in [5, 5.41) is 0. The Morgan fingerprint density at radius 2 is 1.93 bits per heavy atom. The number of carbonyl (C=O) groups excluding carboxylic acids is 1. The Hall–Kier alpha value is -3.21. The highest BCUT2D eigenvalue weighted by Gasteiger charge is 2.27. The number of pyridine rings is 2. The monoisotopic (exact) mass is 372 g/mol. The molecule has 0 saturated heterocycles. The molecular formula is C23H24N4O. The summed E-state index contributed by atoms with van der Waals surface area (Å²) in [4.78, 5) is 25.3. The lowest BCUT2D eigenvalue weighted by Crippen LogP contribution is -2.29. The normalized spacial score (nSPS) is 15.4. The highest BCUT2D eigenvalue weighted by molar-refractivity contribution is 5.95. The number of para-hydroxylation sites is 1. The van der Waals surface area contributed by atoms with Crippen molar-refractivity contribution in [3.8, 4) is 0 Å². The number of hydrogen-bond acceptors (Lipinski definition) is 4. The van der Waals surface area contributed by atoms with Crippen molar-refractivity contribution in [1.29, 1.82) is 0 Å². The van der Waals surface area contributed by atoms with Crippen LogP contribution in [0.15, 0.2) is 67.3 Å². The average molecular weight is 372 g/mol. The zero-order chi connectivity index (χ0) is 19.5. The van der Waals surface area contributed by atoms with Crippen molar-refractivity contribution in [2.24, 2.45) is 0 Å². The van der Waals surface area contributed by atoms with Crippen LogP contribution >= 0.6 is 0 Å². The van der Waals surface area contributed by atoms with E-state index in [9.17, 15) is 4.79 Å². The van der Waals surface area contributed by atoms with Crippen molar-refractivity contribution >= 4 is 17.3 Å². The van der Waals surface area contributed by atoms with Gasteiger partial charge < -0.3 is 9.80 Å². The fourth-order valence-electron chi connectivity index (χ4n) is 3.80. The number of anilines is 2. The summed E-state index contributed by atoms with van der Waals surface area (Å²) in [5.74, 6) is -0.0106. The van der Waals surface area contributed by atoms with Gasteiger partial charge in [-0.3, -0.25) is 14.8 Å². The van der Waals surface area contributed by atoms with Crippen molar-refractivity contribution < 1.29 is 4.79 Å². The molecular weight excluding hydrogens is 348 g/mol. The third kappa shape index (κ3) is 3.60. The minimum atomic E-state index is -0.0106. The molecule has 3 aromatic rings. The van der Waals surface area contributed by atoms with Gasteiger partial charge in [0.1, 0.15) is 0 Å². The van der Waals surface area contributed by atoms with E-state index in [1.807, 2.05) is 31.4 Å². The summed E-state index contributed by atoms with van der Waals surface area (Å²) in [6.07, 6.45) is 8.85. The van der Waals surface area contributed by atoms with Gasteiger partial charge in [-0.05, 0) is 55.2 Å². The molecule has 5 nitrogen and oxygen atoms in total. The Kier molecular flexibility index (Phi) is 5.06. The number of benzene rings is 1. The molecule has 0 aliphatic carbocycles. The van der Waals surface area contributed by atoms with Crippen molar-refractivity contribution in [3.05, 3.63) is 83.9 Å². The van der Waals surface area contributed by atoms with E-state index in [1.54, 1.807) is 23.5 Å². The van der Waals surface area contributed by atoms with Gasteiger partial charge in [-0.15, -0.1) is 0 Å². The average Bonchev–Trinajstić information content (AvgIpc) is 3.08. The number of amides is 1. The molecule has 0 radical (unpaired) electrons. The number of carbonyl (C=O) groups is 1. The molecule has 0 spiro atoms. The van der Waals surface area contributed by atoms with E-state index in [0.717, 1.165) is 18.5 Å². The largest absolute Gasteiger partial charge is 0.341 e. The number of nitrogens with zero attached hydrogens (tertiary/aromatic N) is 4. The molecule has 1 aliphatic rings. The van der Waals surface area contributed by atoms with Gasteiger partial charge in [-0.1, -0.05) is 18.2 Å². The predicted octanol–water partition coefficient (Wildman–Crippen LogP) is 3.87. The fraction of sp³-hybridized carbons (Fsp3) is 0.261. The molecule has 1 atom stereocenters. The molecule has 4 rings (SSSR count). The van der Waals surface area contributed by atoms with Crippen LogP contribution < -0.4 is 4.90 Å². The quantitative estimate of drug-likeness (QED) is 0.682. The van der Waals surface area contributed by atoms with Gasteiger partial charge >= 0.3 is 0 Å². The Balaban J connectivity index is 1.51. The molecule has 1 aliphatic heterocycles. The molecule has 1 amide bonds. The van der Waals surface area contributed by atoms with Crippen LogP contribution in [0, 0.1) is 0 Å². The molecule has 5 heteroatoms. The minimum Gasteiger partial charge on any atom is -0.341 e. The van der Waals surface area contributed by atoms with Crippen molar-refractivity contribution in [1.82, 2.24) is 14.9 Å². The van der Waals surface area contributed by atoms with Crippen LogP contribution in [-0.2, 0) is 12.8 Å². The summed E-state index contributed by atoms with van der Waals surface area (Å²) in [6.45, 7) is 2.85. The molecule has 1 unspecified atom stereocenters. The van der Waals surface area contributed by atoms with E-state index in [2.05, 4.69) is 46.1 Å². The van der Waals surface area contributed by atoms with E-state index in [4.69, 9.17) is 0 Å². The summed E-state index contributed by atoms with van der Waals surface area (Å²) >= 11 is 0. The maximum Gasteiger partial charge on any atom is 0.255 e. The zero-order valence-electron chi connectivity index (χ0n) is 16.2. The van der Waals surface area contributed by atoms with Crippen LogP contribution in [0.2, 0.25) is 0 Å². The van der Waals surface area contributed by atoms with Crippen LogP contribution in [0.3, 0.4) is 0 Å². The molecule has 0 bridgehead atoms. The Morgan fingerprint density at radius 3 is 2.75 bits per heavy atom. The van der Waals surface area contributed by atoms with Crippen molar-refractivity contribution in [2.45, 2.75) is 25.8 Å². The second-order valence-electron chi connectivity index (χ2n) is 7.32. The number of aromatic nitrogens is 2. The predicted molar refractivity (Wildman–Crippen MR) is 111 cm³/mol. The van der Waals surface area contributed by atoms with Crippen LogP contribution in [-0.4, -0.2) is 40.4 Å². The zero-order valence-corrected chi connectivity index (χ0v) is 16.2. The van der Waals surface area contributed by atoms with Crippen molar-refractivity contribution in [2.75, 3.05) is 18.5 Å². The van der Waals surface area contributed by atoms with Crippen molar-refractivity contribution in [3.63, 3.8) is 0 Å². The molecule has 0 saturated carbocycles. The van der Waals surface area contributed by atoms with Gasteiger partial charge in [0.05, 0.1) is 17.4 Å². The number of likely N-dealkylation sites (N-methyl/N-ethyl adjacent to an activating group) is 1. The molecule has 0 N–H and O–H groups in total. The third-order valence-corrected chi connectivity index (χ3v) is 5.29. The summed E-state index contributed by atoms with van der Waals surface area (Å²) in [5.41, 5.74) is 5.29. The lowest BCUT2D eigenvalue weighted by molar-refractivity contribution is 0.0796. The maximum absolute atomic E-state index is 12.9. The van der Waals surface area contributed by atoms with E-state index in [-0.39, 0.29) is 5.91 Å². The lowest BCUT2D eigenvalue weighted by Gasteiger charge is -2.25. The lowest BCUT2D eigenvalue weighted by atomic mass is 10.1. The van der Waals surface area contributed by atoms with Crippen LogP contribution in [0.4, 0.5) is 11.4 Å². The second-order valence-corrected chi connectivity index (χ2v) is 7.32. The fourth-order valence-corrected chi connectivity index (χ4v) is 3.80. The summed E-state index contributed by atoms with van der Waals surface area (Å²) < 4.78 is 0. The van der Waals surface area contributed by atoms with Crippen LogP contribution in [0.5, 0.6) is 0 Å². The van der Waals surface area contributed by atoms with Gasteiger partial charge in [0, 0.05) is 43.9 Å². The SMILES string of the molecule is CC1Cc2ccccc2N1c1cncc(C(=O)N(C)CCc2ccncc2)c1. The molecule has 28 heavy (non-hydrogen) atoms. The third-order valence-electron chi connectivity index (χ3n) is 5.29. The summed E-state index contributed by atoms with van der Waals surface area (Å²) in [7, 11) is 1.84. The topological polar surface area (TPSA) is 49.3 Å². The second kappa shape index (κ2) is 7.80. The standard InChI is InChI=1S/C23H24N4O/c1-17-13-19-5-3-4-6-22(19)27(17)21-14-20(15-25-16-21)23(28)26(2)12-9-18-7-10-24-11-8-18/h3-8,10-11,14-17H,9,12-13H2,1-2H3. The van der Waals surface area contributed by atoms with Gasteiger partial charge in [-0.2, -0.15) is 0 Å². The van der Waals surface area contributed by atoms with Gasteiger partial charge in [0.15, 0.2) is 0 Å². The number of hydrogen-bond donors (Lipinski definition) is 0. The van der Waals surface area contributed by atoms with Gasteiger partial charge in [0.25, 0.3) is 5.91 Å². The first-order valence-electron chi connectivity index (χ1n) is 9.60. The van der Waals surface area contributed by atoms with Gasteiger partial charge in [0.2, 0.25) is 0 Å². The highest BCUT2D eigenvalue weighted by atomic mass is 16.2. The first-order valence-corrected chi connectivity index (χ1v) is 9.60. The van der Waals surface area contributed by atoms with E-state index in [1.165, 1.54) is 16.8 Å². The Morgan fingerprint density at radius 1 is 1.14 bits per heavy atom. The first-order chi connectivity index (χ1) is 13.6. The first kappa shape index (κ1) is 18.2. The molecule has 3 heterocycles. The van der Waals surface area contributed by atoms with E-state index < -0.39 is 0 Å². The smallest absolute Gasteiger partial charge is 0.255 e. The molecule has 1 aromatic carbocycles. The Labute approximate surface area is 165 Å². The molecule has 142 valence electrons. The number of rotatable bonds is 5. The molecule has 2 aromatic heterocycles. The minimum absolute atomic E-state index is 0.0106. The summed E-state index contributed by atoms with van der Waals surface area (Å²) in [6, 6.07) is 14.7. The molecule has 0 fully saturated rings. The number of fused-ring (bicyclic) bond motifs is 1. The van der Waals surface area contributed by atoms with E-state index in [0.29, 0.717) is 18.2 Å². The van der Waals surface area contributed by atoms with Gasteiger partial charge in [-0.25, -0.2) is 0 Å².